The Morgan fingerprint density at radius 1 is 1.40 bits per heavy atom. The van der Waals surface area contributed by atoms with Crippen molar-refractivity contribution in [3.8, 4) is 5.69 Å². The van der Waals surface area contributed by atoms with Crippen LogP contribution in [-0.2, 0) is 0 Å². The maximum absolute atomic E-state index is 12.0. The summed E-state index contributed by atoms with van der Waals surface area (Å²) in [5, 5.41) is 7.19. The maximum atomic E-state index is 12.0. The van der Waals surface area contributed by atoms with Crippen molar-refractivity contribution in [2.45, 2.75) is 32.7 Å². The van der Waals surface area contributed by atoms with Crippen LogP contribution in [0.1, 0.15) is 37.0 Å². The quantitative estimate of drug-likeness (QED) is 0.908. The van der Waals surface area contributed by atoms with E-state index in [0.29, 0.717) is 5.56 Å². The summed E-state index contributed by atoms with van der Waals surface area (Å²) < 4.78 is 2.68. The summed E-state index contributed by atoms with van der Waals surface area (Å²) in [5.41, 5.74) is 1.59. The second-order valence-corrected chi connectivity index (χ2v) is 5.73. The van der Waals surface area contributed by atoms with Crippen molar-refractivity contribution in [1.29, 1.82) is 0 Å². The number of halogens is 1. The molecule has 5 heteroatoms. The summed E-state index contributed by atoms with van der Waals surface area (Å²) in [6.07, 6.45) is 5.66. The fourth-order valence-electron chi connectivity index (χ4n) is 2.02. The Hall–Kier alpha value is -1.62. The van der Waals surface area contributed by atoms with Crippen LogP contribution in [0.2, 0.25) is 0 Å². The molecule has 0 radical (unpaired) electrons. The molecule has 1 atom stereocenters. The number of hydrogen-bond acceptors (Lipinski definition) is 2. The van der Waals surface area contributed by atoms with E-state index in [-0.39, 0.29) is 11.9 Å². The van der Waals surface area contributed by atoms with Crippen LogP contribution in [0.25, 0.3) is 5.69 Å². The summed E-state index contributed by atoms with van der Waals surface area (Å²) in [6, 6.07) is 7.62. The molecule has 0 saturated carbocycles. The van der Waals surface area contributed by atoms with E-state index in [1.54, 1.807) is 10.9 Å². The van der Waals surface area contributed by atoms with Crippen LogP contribution in [0.5, 0.6) is 0 Å². The standard InChI is InChI=1S/C15H18BrN3O/c1-3-4-11(2)18-15(20)12-5-7-14(8-6-12)19-10-13(16)9-17-19/h5-11H,3-4H2,1-2H3,(H,18,20). The number of amides is 1. The van der Waals surface area contributed by atoms with Crippen molar-refractivity contribution < 1.29 is 4.79 Å². The minimum Gasteiger partial charge on any atom is -0.350 e. The summed E-state index contributed by atoms with van der Waals surface area (Å²) in [4.78, 5) is 12.0. The van der Waals surface area contributed by atoms with E-state index in [0.717, 1.165) is 23.0 Å². The van der Waals surface area contributed by atoms with Gasteiger partial charge in [-0.1, -0.05) is 13.3 Å². The van der Waals surface area contributed by atoms with E-state index in [2.05, 4.69) is 33.3 Å². The van der Waals surface area contributed by atoms with Gasteiger partial charge in [0.2, 0.25) is 0 Å². The molecule has 1 aromatic carbocycles. The molecule has 0 bridgehead atoms. The number of nitrogens with one attached hydrogen (secondary N) is 1. The second kappa shape index (κ2) is 6.70. The highest BCUT2D eigenvalue weighted by atomic mass is 79.9. The molecule has 0 saturated heterocycles. The number of benzene rings is 1. The van der Waals surface area contributed by atoms with Crippen LogP contribution >= 0.6 is 15.9 Å². The van der Waals surface area contributed by atoms with Crippen molar-refractivity contribution in [3.63, 3.8) is 0 Å². The van der Waals surface area contributed by atoms with Crippen LogP contribution in [0.3, 0.4) is 0 Å². The second-order valence-electron chi connectivity index (χ2n) is 4.81. The van der Waals surface area contributed by atoms with Crippen LogP contribution in [-0.4, -0.2) is 21.7 Å². The molecule has 2 rings (SSSR count). The van der Waals surface area contributed by atoms with Gasteiger partial charge < -0.3 is 5.32 Å². The lowest BCUT2D eigenvalue weighted by Crippen LogP contribution is -2.32. The molecule has 1 aromatic heterocycles. The SMILES string of the molecule is CCCC(C)NC(=O)c1ccc(-n2cc(Br)cn2)cc1. The molecule has 0 aliphatic carbocycles. The molecular formula is C15H18BrN3O. The van der Waals surface area contributed by atoms with Crippen LogP contribution in [0, 0.1) is 0 Å². The van der Waals surface area contributed by atoms with Crippen molar-refractivity contribution in [2.24, 2.45) is 0 Å². The molecule has 4 nitrogen and oxygen atoms in total. The van der Waals surface area contributed by atoms with Gasteiger partial charge in [-0.3, -0.25) is 4.79 Å². The fraction of sp³-hybridized carbons (Fsp3) is 0.333. The minimum absolute atomic E-state index is 0.0286. The number of rotatable bonds is 5. The van der Waals surface area contributed by atoms with E-state index >= 15 is 0 Å². The Labute approximate surface area is 127 Å². The lowest BCUT2D eigenvalue weighted by molar-refractivity contribution is 0.0938. The summed E-state index contributed by atoms with van der Waals surface area (Å²) in [7, 11) is 0. The molecule has 1 unspecified atom stereocenters. The van der Waals surface area contributed by atoms with Gasteiger partial charge >= 0.3 is 0 Å². The van der Waals surface area contributed by atoms with Gasteiger partial charge in [0.15, 0.2) is 0 Å². The van der Waals surface area contributed by atoms with Crippen molar-refractivity contribution in [1.82, 2.24) is 15.1 Å². The molecular weight excluding hydrogens is 318 g/mol. The summed E-state index contributed by atoms with van der Waals surface area (Å²) in [5.74, 6) is -0.0286. The topological polar surface area (TPSA) is 46.9 Å². The third-order valence-corrected chi connectivity index (χ3v) is 3.45. The zero-order chi connectivity index (χ0) is 14.5. The van der Waals surface area contributed by atoms with Gasteiger partial charge in [-0.2, -0.15) is 5.10 Å². The first-order valence-electron chi connectivity index (χ1n) is 6.71. The lowest BCUT2D eigenvalue weighted by atomic mass is 10.1. The molecule has 1 heterocycles. The number of carbonyl (C=O) groups is 1. The van der Waals surface area contributed by atoms with Gasteiger partial charge in [0.1, 0.15) is 0 Å². The molecule has 0 spiro atoms. The molecule has 1 N–H and O–H groups in total. The third-order valence-electron chi connectivity index (χ3n) is 3.04. The van der Waals surface area contributed by atoms with Gasteiger partial charge in [-0.15, -0.1) is 0 Å². The highest BCUT2D eigenvalue weighted by molar-refractivity contribution is 9.10. The minimum atomic E-state index is -0.0286. The zero-order valence-electron chi connectivity index (χ0n) is 11.6. The first-order valence-corrected chi connectivity index (χ1v) is 7.51. The Kier molecular flexibility index (Phi) is 4.95. The first-order chi connectivity index (χ1) is 9.60. The number of carbonyl (C=O) groups excluding carboxylic acids is 1. The van der Waals surface area contributed by atoms with Gasteiger partial charge in [0, 0.05) is 17.8 Å². The summed E-state index contributed by atoms with van der Waals surface area (Å²) in [6.45, 7) is 4.14. The predicted molar refractivity (Wildman–Crippen MR) is 83.1 cm³/mol. The summed E-state index contributed by atoms with van der Waals surface area (Å²) >= 11 is 3.36. The molecule has 0 aliphatic heterocycles. The van der Waals surface area contributed by atoms with Gasteiger partial charge in [0.25, 0.3) is 5.91 Å². The number of aromatic nitrogens is 2. The Morgan fingerprint density at radius 2 is 2.10 bits per heavy atom. The van der Waals surface area contributed by atoms with E-state index in [4.69, 9.17) is 0 Å². The van der Waals surface area contributed by atoms with Crippen molar-refractivity contribution in [2.75, 3.05) is 0 Å². The molecule has 2 aromatic rings. The molecule has 0 aliphatic rings. The van der Waals surface area contributed by atoms with E-state index in [1.165, 1.54) is 0 Å². The fourth-order valence-corrected chi connectivity index (χ4v) is 2.31. The van der Waals surface area contributed by atoms with E-state index in [1.807, 2.05) is 37.4 Å². The van der Waals surface area contributed by atoms with Gasteiger partial charge in [-0.25, -0.2) is 4.68 Å². The highest BCUT2D eigenvalue weighted by Gasteiger charge is 2.09. The average Bonchev–Trinajstić information content (AvgIpc) is 2.86. The zero-order valence-corrected chi connectivity index (χ0v) is 13.2. The highest BCUT2D eigenvalue weighted by Crippen LogP contribution is 2.13. The predicted octanol–water partition coefficient (Wildman–Crippen LogP) is 3.55. The monoisotopic (exact) mass is 335 g/mol. The number of hydrogen-bond donors (Lipinski definition) is 1. The molecule has 0 fully saturated rings. The molecule has 1 amide bonds. The smallest absolute Gasteiger partial charge is 0.251 e. The molecule has 106 valence electrons. The van der Waals surface area contributed by atoms with E-state index in [9.17, 15) is 4.79 Å². The first kappa shape index (κ1) is 14.8. The van der Waals surface area contributed by atoms with Gasteiger partial charge in [0.05, 0.1) is 16.4 Å². The van der Waals surface area contributed by atoms with E-state index < -0.39 is 0 Å². The normalized spacial score (nSPS) is 12.2. The third kappa shape index (κ3) is 3.70. The van der Waals surface area contributed by atoms with Crippen LogP contribution < -0.4 is 5.32 Å². The van der Waals surface area contributed by atoms with Crippen molar-refractivity contribution >= 4 is 21.8 Å². The average molecular weight is 336 g/mol. The lowest BCUT2D eigenvalue weighted by Gasteiger charge is -2.12. The van der Waals surface area contributed by atoms with Crippen molar-refractivity contribution in [3.05, 3.63) is 46.7 Å². The number of nitrogens with zero attached hydrogens (tertiary/aromatic N) is 2. The van der Waals surface area contributed by atoms with Gasteiger partial charge in [-0.05, 0) is 53.5 Å². The maximum Gasteiger partial charge on any atom is 0.251 e. The largest absolute Gasteiger partial charge is 0.350 e. The molecule has 20 heavy (non-hydrogen) atoms. The Morgan fingerprint density at radius 3 is 2.65 bits per heavy atom. The van der Waals surface area contributed by atoms with Crippen LogP contribution in [0.15, 0.2) is 41.1 Å². The Bertz CT molecular complexity index is 577. The Balaban J connectivity index is 2.06. The van der Waals surface area contributed by atoms with Crippen LogP contribution in [0.4, 0.5) is 0 Å².